The molecule has 3 aromatic carbocycles. The van der Waals surface area contributed by atoms with Crippen molar-refractivity contribution in [3.8, 4) is 11.5 Å². The molecule has 0 aliphatic carbocycles. The van der Waals surface area contributed by atoms with Gasteiger partial charge in [-0.3, -0.25) is 9.69 Å². The second-order valence-electron chi connectivity index (χ2n) is 7.62. The van der Waals surface area contributed by atoms with Crippen LogP contribution in [0.3, 0.4) is 0 Å². The van der Waals surface area contributed by atoms with Crippen LogP contribution in [0.25, 0.3) is 11.5 Å². The zero-order valence-electron chi connectivity index (χ0n) is 17.1. The Kier molecular flexibility index (Phi) is 4.99. The van der Waals surface area contributed by atoms with E-state index in [4.69, 9.17) is 4.42 Å². The van der Waals surface area contributed by atoms with Crippen LogP contribution in [-0.2, 0) is 23.3 Å². The van der Waals surface area contributed by atoms with Crippen molar-refractivity contribution < 1.29 is 14.0 Å². The first-order valence-electron chi connectivity index (χ1n) is 10.3. The maximum absolute atomic E-state index is 13.7. The van der Waals surface area contributed by atoms with Gasteiger partial charge in [0.15, 0.2) is 5.54 Å². The van der Waals surface area contributed by atoms with E-state index in [1.165, 1.54) is 0 Å². The van der Waals surface area contributed by atoms with E-state index in [1.54, 1.807) is 0 Å². The van der Waals surface area contributed by atoms with Crippen LogP contribution in [0.15, 0.2) is 95.4 Å². The van der Waals surface area contributed by atoms with Crippen LogP contribution in [0, 0.1) is 0 Å². The lowest BCUT2D eigenvalue weighted by Gasteiger charge is -2.27. The predicted octanol–water partition coefficient (Wildman–Crippen LogP) is 3.93. The van der Waals surface area contributed by atoms with Gasteiger partial charge >= 0.3 is 6.03 Å². The molecule has 1 N–H and O–H groups in total. The number of urea groups is 1. The SMILES string of the molecule is O=C1N[C@@](Cc2ccccc2)(c2ccccc2)C(=O)N1Cc1nnc(-c2ccccc2)o1. The summed E-state index contributed by atoms with van der Waals surface area (Å²) >= 11 is 0. The average molecular weight is 424 g/mol. The van der Waals surface area contributed by atoms with Gasteiger partial charge in [-0.15, -0.1) is 10.2 Å². The van der Waals surface area contributed by atoms with Gasteiger partial charge in [0.25, 0.3) is 5.91 Å². The highest BCUT2D eigenvalue weighted by molar-refractivity contribution is 6.07. The monoisotopic (exact) mass is 424 g/mol. The molecule has 2 heterocycles. The van der Waals surface area contributed by atoms with E-state index >= 15 is 0 Å². The van der Waals surface area contributed by atoms with Crippen molar-refractivity contribution in [1.29, 1.82) is 0 Å². The van der Waals surface area contributed by atoms with Gasteiger partial charge in [-0.05, 0) is 23.3 Å². The molecule has 1 aliphatic heterocycles. The molecular weight excluding hydrogens is 404 g/mol. The summed E-state index contributed by atoms with van der Waals surface area (Å²) < 4.78 is 5.72. The van der Waals surface area contributed by atoms with E-state index in [0.29, 0.717) is 12.3 Å². The van der Waals surface area contributed by atoms with Gasteiger partial charge in [-0.1, -0.05) is 78.9 Å². The quantitative estimate of drug-likeness (QED) is 0.474. The molecule has 5 rings (SSSR count). The van der Waals surface area contributed by atoms with Crippen molar-refractivity contribution in [3.63, 3.8) is 0 Å². The lowest BCUT2D eigenvalue weighted by Crippen LogP contribution is -2.46. The Balaban J connectivity index is 1.46. The smallest absolute Gasteiger partial charge is 0.325 e. The lowest BCUT2D eigenvalue weighted by molar-refractivity contribution is -0.132. The lowest BCUT2D eigenvalue weighted by atomic mass is 9.83. The summed E-state index contributed by atoms with van der Waals surface area (Å²) in [5, 5.41) is 11.0. The molecule has 1 aromatic heterocycles. The first-order chi connectivity index (χ1) is 15.7. The standard InChI is InChI=1S/C25H20N4O3/c30-23-25(20-14-8-3-9-15-20,16-18-10-4-1-5-11-18)26-24(31)29(23)17-21-27-28-22(32-21)19-12-6-2-7-13-19/h1-15H,16-17H2,(H,26,31)/t25-/m0/s1. The van der Waals surface area contributed by atoms with E-state index in [-0.39, 0.29) is 18.3 Å². The van der Waals surface area contributed by atoms with E-state index < -0.39 is 11.6 Å². The predicted molar refractivity (Wildman–Crippen MR) is 117 cm³/mol. The third kappa shape index (κ3) is 3.54. The van der Waals surface area contributed by atoms with E-state index in [9.17, 15) is 9.59 Å². The van der Waals surface area contributed by atoms with E-state index in [2.05, 4.69) is 15.5 Å². The van der Waals surface area contributed by atoms with Crippen molar-refractivity contribution >= 4 is 11.9 Å². The van der Waals surface area contributed by atoms with Crippen LogP contribution in [0.1, 0.15) is 17.0 Å². The summed E-state index contributed by atoms with van der Waals surface area (Å²) in [5.74, 6) is 0.180. The maximum Gasteiger partial charge on any atom is 0.325 e. The largest absolute Gasteiger partial charge is 0.419 e. The van der Waals surface area contributed by atoms with Gasteiger partial charge in [-0.2, -0.15) is 0 Å². The Hall–Kier alpha value is -4.26. The van der Waals surface area contributed by atoms with Gasteiger partial charge in [-0.25, -0.2) is 4.79 Å². The molecule has 7 heteroatoms. The van der Waals surface area contributed by atoms with Crippen LogP contribution in [0.4, 0.5) is 4.79 Å². The summed E-state index contributed by atoms with van der Waals surface area (Å²) in [6, 6.07) is 27.8. The number of amides is 3. The van der Waals surface area contributed by atoms with Crippen molar-refractivity contribution in [1.82, 2.24) is 20.4 Å². The fraction of sp³-hybridized carbons (Fsp3) is 0.120. The summed E-state index contributed by atoms with van der Waals surface area (Å²) in [6.07, 6.45) is 0.331. The molecule has 0 unspecified atom stereocenters. The van der Waals surface area contributed by atoms with E-state index in [1.807, 2.05) is 91.0 Å². The minimum atomic E-state index is -1.21. The maximum atomic E-state index is 13.7. The van der Waals surface area contributed by atoms with Crippen LogP contribution >= 0.6 is 0 Å². The van der Waals surface area contributed by atoms with Crippen LogP contribution in [-0.4, -0.2) is 27.0 Å². The van der Waals surface area contributed by atoms with Crippen LogP contribution < -0.4 is 5.32 Å². The Morgan fingerprint density at radius 2 is 1.44 bits per heavy atom. The number of rotatable bonds is 6. The fourth-order valence-corrected chi connectivity index (χ4v) is 3.96. The number of hydrogen-bond acceptors (Lipinski definition) is 5. The second-order valence-corrected chi connectivity index (χ2v) is 7.62. The summed E-state index contributed by atoms with van der Waals surface area (Å²) in [6.45, 7) is -0.103. The number of nitrogens with zero attached hydrogens (tertiary/aromatic N) is 3. The van der Waals surface area contributed by atoms with Crippen LogP contribution in [0.2, 0.25) is 0 Å². The molecule has 1 aliphatic rings. The highest BCUT2D eigenvalue weighted by atomic mass is 16.4. The third-order valence-corrected chi connectivity index (χ3v) is 5.54. The number of nitrogens with one attached hydrogen (secondary N) is 1. The van der Waals surface area contributed by atoms with Crippen molar-refractivity contribution in [2.45, 2.75) is 18.5 Å². The number of imide groups is 1. The van der Waals surface area contributed by atoms with Crippen molar-refractivity contribution in [2.75, 3.05) is 0 Å². The Labute approximate surface area is 184 Å². The zero-order chi connectivity index (χ0) is 22.0. The minimum Gasteiger partial charge on any atom is -0.419 e. The molecule has 3 amide bonds. The highest BCUT2D eigenvalue weighted by Gasteiger charge is 2.52. The van der Waals surface area contributed by atoms with Crippen molar-refractivity contribution in [3.05, 3.63) is 108 Å². The summed E-state index contributed by atoms with van der Waals surface area (Å²) in [5.41, 5.74) is 1.23. The van der Waals surface area contributed by atoms with Crippen LogP contribution in [0.5, 0.6) is 0 Å². The highest BCUT2D eigenvalue weighted by Crippen LogP contribution is 2.33. The fourth-order valence-electron chi connectivity index (χ4n) is 3.96. The summed E-state index contributed by atoms with van der Waals surface area (Å²) in [4.78, 5) is 27.8. The third-order valence-electron chi connectivity index (χ3n) is 5.54. The molecule has 158 valence electrons. The number of benzene rings is 3. The molecule has 0 spiro atoms. The van der Waals surface area contributed by atoms with Gasteiger partial charge in [0, 0.05) is 12.0 Å². The topological polar surface area (TPSA) is 88.3 Å². The molecule has 0 radical (unpaired) electrons. The second kappa shape index (κ2) is 8.11. The normalized spacial score (nSPS) is 18.1. The minimum absolute atomic E-state index is 0.103. The number of aromatic nitrogens is 2. The molecule has 0 bridgehead atoms. The first-order valence-corrected chi connectivity index (χ1v) is 10.3. The Morgan fingerprint density at radius 3 is 2.12 bits per heavy atom. The van der Waals surface area contributed by atoms with Gasteiger partial charge in [0.05, 0.1) is 0 Å². The van der Waals surface area contributed by atoms with Crippen molar-refractivity contribution in [2.24, 2.45) is 0 Å². The number of carbonyl (C=O) groups excluding carboxylic acids is 2. The first kappa shape index (κ1) is 19.7. The molecule has 1 atom stereocenters. The van der Waals surface area contributed by atoms with Gasteiger partial charge in [0.2, 0.25) is 11.8 Å². The van der Waals surface area contributed by atoms with E-state index in [0.717, 1.165) is 21.6 Å². The molecule has 1 saturated heterocycles. The number of carbonyl (C=O) groups is 2. The average Bonchev–Trinajstić information content (AvgIpc) is 3.40. The zero-order valence-corrected chi connectivity index (χ0v) is 17.1. The Bertz CT molecular complexity index is 1240. The summed E-state index contributed by atoms with van der Waals surface area (Å²) in [7, 11) is 0. The van der Waals surface area contributed by atoms with Gasteiger partial charge < -0.3 is 9.73 Å². The molecule has 4 aromatic rings. The molecule has 32 heavy (non-hydrogen) atoms. The molecule has 0 saturated carbocycles. The molecule has 1 fully saturated rings. The Morgan fingerprint density at radius 1 is 0.812 bits per heavy atom. The van der Waals surface area contributed by atoms with Gasteiger partial charge in [0.1, 0.15) is 6.54 Å². The molecular formula is C25H20N4O3. The molecule has 7 nitrogen and oxygen atoms in total. The number of hydrogen-bond donors (Lipinski definition) is 1.